The maximum absolute atomic E-state index is 13.6. The van der Waals surface area contributed by atoms with E-state index >= 15 is 0 Å². The molecule has 9 rings (SSSR count). The van der Waals surface area contributed by atoms with Crippen molar-refractivity contribution >= 4 is 57.9 Å². The standard InChI is InChI=1S/C46H52N12O6/c1-28-35-25-48-46(51-41(35)57(32-12-6-7-13-32)44(63)39(28)29(2)59)49-37-17-15-33(24-47-37)55-22-20-54(21-23-55)26-31-27-56(53-52-31)19-8-4-3-5-10-30-11-9-14-34-40(30)45(64)58(43(34)62)36-16-18-38(60)50-42(36)61/h9,11,14-15,17,24-25,27,32,36H,3-8,10,12-13,16,18-23,26H2,1-2H3,(H,50,60,61)(H,47,48,49,51). The van der Waals surface area contributed by atoms with Crippen LogP contribution in [0.25, 0.3) is 11.0 Å². The topological polar surface area (TPSA) is 211 Å². The van der Waals surface area contributed by atoms with Gasteiger partial charge in [-0.25, -0.2) is 9.97 Å². The highest BCUT2D eigenvalue weighted by Gasteiger charge is 2.45. The number of nitrogens with zero attached hydrogens (tertiary/aromatic N) is 10. The Kier molecular flexibility index (Phi) is 12.1. The monoisotopic (exact) mass is 868 g/mol. The van der Waals surface area contributed by atoms with Crippen LogP contribution in [0.2, 0.25) is 0 Å². The van der Waals surface area contributed by atoms with Gasteiger partial charge in [-0.05, 0) is 81.7 Å². The third-order valence-electron chi connectivity index (χ3n) is 13.1. The maximum Gasteiger partial charge on any atom is 0.263 e. The Morgan fingerprint density at radius 2 is 1.69 bits per heavy atom. The molecule has 7 heterocycles. The first-order valence-electron chi connectivity index (χ1n) is 22.4. The fraction of sp³-hybridized carbons (Fsp3) is 0.457. The Morgan fingerprint density at radius 3 is 2.44 bits per heavy atom. The number of benzene rings is 1. The van der Waals surface area contributed by atoms with E-state index in [2.05, 4.69) is 40.7 Å². The molecule has 1 atom stereocenters. The summed E-state index contributed by atoms with van der Waals surface area (Å²) in [4.78, 5) is 96.4. The molecule has 1 aliphatic carbocycles. The Balaban J connectivity index is 0.717. The zero-order chi connectivity index (χ0) is 44.5. The van der Waals surface area contributed by atoms with Gasteiger partial charge in [-0.2, -0.15) is 4.98 Å². The number of pyridine rings is 2. The number of piperidine rings is 1. The zero-order valence-corrected chi connectivity index (χ0v) is 36.2. The second kappa shape index (κ2) is 18.2. The molecule has 18 heteroatoms. The number of fused-ring (bicyclic) bond motifs is 2. The number of rotatable bonds is 15. The summed E-state index contributed by atoms with van der Waals surface area (Å²) in [6.07, 6.45) is 13.9. The lowest BCUT2D eigenvalue weighted by Gasteiger charge is -2.35. The number of hydrogen-bond acceptors (Lipinski definition) is 14. The van der Waals surface area contributed by atoms with Crippen LogP contribution in [0.4, 0.5) is 17.5 Å². The van der Waals surface area contributed by atoms with Crippen molar-refractivity contribution in [3.05, 3.63) is 92.8 Å². The fourth-order valence-electron chi connectivity index (χ4n) is 9.72. The number of Topliss-reactive ketones (excluding diaryl/α,β-unsaturated/α-hetero) is 1. The zero-order valence-electron chi connectivity index (χ0n) is 36.2. The highest BCUT2D eigenvalue weighted by Crippen LogP contribution is 2.33. The summed E-state index contributed by atoms with van der Waals surface area (Å²) in [6.45, 7) is 8.10. The summed E-state index contributed by atoms with van der Waals surface area (Å²) in [5.41, 5.74) is 4.53. The molecule has 1 saturated carbocycles. The molecule has 2 N–H and O–H groups in total. The second-order valence-corrected chi connectivity index (χ2v) is 17.3. The van der Waals surface area contributed by atoms with Crippen molar-refractivity contribution in [1.29, 1.82) is 0 Å². The molecule has 332 valence electrons. The second-order valence-electron chi connectivity index (χ2n) is 17.3. The van der Waals surface area contributed by atoms with E-state index in [0.29, 0.717) is 52.5 Å². The molecule has 0 spiro atoms. The van der Waals surface area contributed by atoms with Crippen LogP contribution in [0.5, 0.6) is 0 Å². The number of aryl methyl sites for hydroxylation is 3. The first kappa shape index (κ1) is 42.6. The molecular weight excluding hydrogens is 817 g/mol. The molecule has 4 aromatic heterocycles. The molecule has 4 aliphatic rings. The predicted molar refractivity (Wildman–Crippen MR) is 236 cm³/mol. The van der Waals surface area contributed by atoms with Crippen LogP contribution in [-0.4, -0.2) is 106 Å². The van der Waals surface area contributed by atoms with Gasteiger partial charge in [0, 0.05) is 69.5 Å². The first-order valence-corrected chi connectivity index (χ1v) is 22.4. The molecule has 1 aromatic carbocycles. The molecule has 2 saturated heterocycles. The van der Waals surface area contributed by atoms with Crippen molar-refractivity contribution < 1.29 is 24.0 Å². The number of carbonyl (C=O) groups is 5. The van der Waals surface area contributed by atoms with Gasteiger partial charge in [0.2, 0.25) is 17.8 Å². The number of ketones is 1. The number of amides is 4. The normalized spacial score (nSPS) is 18.3. The summed E-state index contributed by atoms with van der Waals surface area (Å²) in [7, 11) is 0. The largest absolute Gasteiger partial charge is 0.368 e. The number of aromatic nitrogens is 7. The number of carbonyl (C=O) groups excluding carboxylic acids is 5. The molecule has 5 aromatic rings. The van der Waals surface area contributed by atoms with Gasteiger partial charge in [0.25, 0.3) is 17.4 Å². The van der Waals surface area contributed by atoms with Crippen LogP contribution < -0.4 is 21.1 Å². The molecule has 0 radical (unpaired) electrons. The molecule has 0 bridgehead atoms. The lowest BCUT2D eigenvalue weighted by molar-refractivity contribution is -0.136. The van der Waals surface area contributed by atoms with Gasteiger partial charge < -0.3 is 10.2 Å². The minimum Gasteiger partial charge on any atom is -0.368 e. The van der Waals surface area contributed by atoms with E-state index in [9.17, 15) is 28.8 Å². The summed E-state index contributed by atoms with van der Waals surface area (Å²) >= 11 is 0. The Bertz CT molecular complexity index is 2700. The third kappa shape index (κ3) is 8.53. The van der Waals surface area contributed by atoms with Gasteiger partial charge in [0.1, 0.15) is 17.5 Å². The van der Waals surface area contributed by atoms with Crippen molar-refractivity contribution in [2.45, 2.75) is 110 Å². The van der Waals surface area contributed by atoms with Gasteiger partial charge >= 0.3 is 0 Å². The van der Waals surface area contributed by atoms with E-state index < -0.39 is 29.7 Å². The van der Waals surface area contributed by atoms with Gasteiger partial charge in [0.05, 0.1) is 34.3 Å². The summed E-state index contributed by atoms with van der Waals surface area (Å²) in [5, 5.41) is 15.0. The van der Waals surface area contributed by atoms with Gasteiger partial charge in [-0.3, -0.25) is 53.1 Å². The average molecular weight is 869 g/mol. The van der Waals surface area contributed by atoms with Gasteiger partial charge in [-0.15, -0.1) is 5.10 Å². The molecule has 3 fully saturated rings. The van der Waals surface area contributed by atoms with E-state index in [1.54, 1.807) is 29.8 Å². The van der Waals surface area contributed by atoms with Gasteiger partial charge in [-0.1, -0.05) is 43.0 Å². The Labute approximate surface area is 369 Å². The fourth-order valence-corrected chi connectivity index (χ4v) is 9.72. The molecule has 64 heavy (non-hydrogen) atoms. The van der Waals surface area contributed by atoms with Crippen LogP contribution in [0.15, 0.2) is 53.7 Å². The van der Waals surface area contributed by atoms with Crippen LogP contribution in [0, 0.1) is 6.92 Å². The molecule has 4 amide bonds. The minimum atomic E-state index is -0.971. The third-order valence-corrected chi connectivity index (χ3v) is 13.1. The summed E-state index contributed by atoms with van der Waals surface area (Å²) < 4.78 is 3.61. The molecule has 1 unspecified atom stereocenters. The highest BCUT2D eigenvalue weighted by atomic mass is 16.2. The number of piperazine rings is 1. The lowest BCUT2D eigenvalue weighted by atomic mass is 9.97. The quantitative estimate of drug-likeness (QED) is 0.0832. The highest BCUT2D eigenvalue weighted by molar-refractivity contribution is 6.24. The van der Waals surface area contributed by atoms with E-state index in [1.165, 1.54) is 6.92 Å². The van der Waals surface area contributed by atoms with Crippen molar-refractivity contribution in [2.24, 2.45) is 0 Å². The lowest BCUT2D eigenvalue weighted by Crippen LogP contribution is -2.54. The number of unbranched alkanes of at least 4 members (excludes halogenated alkanes) is 3. The molecular formula is C46H52N12O6. The van der Waals surface area contributed by atoms with Crippen LogP contribution >= 0.6 is 0 Å². The number of nitrogens with one attached hydrogen (secondary N) is 2. The average Bonchev–Trinajstić information content (AvgIpc) is 4.04. The number of hydrogen-bond donors (Lipinski definition) is 2. The Hall–Kier alpha value is -6.69. The molecule has 18 nitrogen and oxygen atoms in total. The Morgan fingerprint density at radius 1 is 0.891 bits per heavy atom. The van der Waals surface area contributed by atoms with Crippen molar-refractivity contribution in [3.63, 3.8) is 0 Å². The smallest absolute Gasteiger partial charge is 0.263 e. The van der Waals surface area contributed by atoms with E-state index in [4.69, 9.17) is 4.98 Å². The van der Waals surface area contributed by atoms with Crippen molar-refractivity contribution in [2.75, 3.05) is 36.4 Å². The number of anilines is 3. The van der Waals surface area contributed by atoms with Gasteiger partial charge in [0.15, 0.2) is 5.78 Å². The minimum absolute atomic E-state index is 0.00333. The van der Waals surface area contributed by atoms with Crippen LogP contribution in [-0.2, 0) is 29.1 Å². The summed E-state index contributed by atoms with van der Waals surface area (Å²) in [6, 6.07) is 8.25. The van der Waals surface area contributed by atoms with E-state index in [0.717, 1.165) is 106 Å². The first-order chi connectivity index (χ1) is 31.0. The predicted octanol–water partition coefficient (Wildman–Crippen LogP) is 4.67. The number of imide groups is 2. The van der Waals surface area contributed by atoms with Crippen molar-refractivity contribution in [1.82, 2.24) is 49.6 Å². The summed E-state index contributed by atoms with van der Waals surface area (Å²) in [5.74, 6) is -1.26. The van der Waals surface area contributed by atoms with Crippen LogP contribution in [0.1, 0.15) is 125 Å². The maximum atomic E-state index is 13.6. The SMILES string of the molecule is CC(=O)c1c(C)c2cnc(Nc3ccc(N4CCN(Cc5cn(CCCCCCc6cccc7c6C(=O)N(C6CCC(=O)NC6=O)C7=O)nn5)CC4)cn3)nc2n(C2CCCC2)c1=O. The van der Waals surface area contributed by atoms with E-state index in [1.807, 2.05) is 35.3 Å². The van der Waals surface area contributed by atoms with E-state index in [-0.39, 0.29) is 35.8 Å². The van der Waals surface area contributed by atoms with Crippen LogP contribution in [0.3, 0.4) is 0 Å². The molecule has 3 aliphatic heterocycles. The van der Waals surface area contributed by atoms with Crippen molar-refractivity contribution in [3.8, 4) is 0 Å².